The number of hydrogen-bond donors (Lipinski definition) is 0. The number of rotatable bonds is 4. The van der Waals surface area contributed by atoms with Crippen LogP contribution in [0, 0.1) is 17.8 Å². The van der Waals surface area contributed by atoms with Crippen molar-refractivity contribution in [2.24, 2.45) is 17.8 Å². The molecule has 0 bridgehead atoms. The molecule has 0 radical (unpaired) electrons. The SMILES string of the molecule is C=C(BCC1CC(C)CCC(C)C1)c1ccc2c(c1)CCC2. The minimum atomic E-state index is 0.915. The van der Waals surface area contributed by atoms with Crippen molar-refractivity contribution in [3.8, 4) is 0 Å². The molecule has 1 saturated carbocycles. The molecular weight excluding hydrogens is 263 g/mol. The fourth-order valence-electron chi connectivity index (χ4n) is 4.59. The van der Waals surface area contributed by atoms with Gasteiger partial charge in [-0.25, -0.2) is 0 Å². The van der Waals surface area contributed by atoms with Crippen LogP contribution < -0.4 is 0 Å². The van der Waals surface area contributed by atoms with E-state index in [2.05, 4.69) is 38.6 Å². The number of benzene rings is 1. The van der Waals surface area contributed by atoms with Crippen molar-refractivity contribution < 1.29 is 0 Å². The zero-order valence-corrected chi connectivity index (χ0v) is 14.5. The Balaban J connectivity index is 1.57. The van der Waals surface area contributed by atoms with Gasteiger partial charge in [0.25, 0.3) is 0 Å². The molecule has 2 atom stereocenters. The van der Waals surface area contributed by atoms with Crippen molar-refractivity contribution >= 4 is 12.8 Å². The monoisotopic (exact) mass is 294 g/mol. The summed E-state index contributed by atoms with van der Waals surface area (Å²) in [6, 6.07) is 7.08. The number of fused-ring (bicyclic) bond motifs is 1. The van der Waals surface area contributed by atoms with E-state index in [-0.39, 0.29) is 0 Å². The van der Waals surface area contributed by atoms with E-state index in [1.54, 1.807) is 11.1 Å². The standard InChI is InChI=1S/C21H31B/c1-15-7-8-16(2)12-18(11-15)14-22-17(3)20-10-9-19-5-4-6-21(19)13-20/h9-10,13,15-16,18,22H,3-8,11-12,14H2,1-2H3. The lowest BCUT2D eigenvalue weighted by Crippen LogP contribution is -2.09. The fourth-order valence-corrected chi connectivity index (χ4v) is 4.59. The normalized spacial score (nSPS) is 28.0. The van der Waals surface area contributed by atoms with E-state index in [0.717, 1.165) is 17.8 Å². The van der Waals surface area contributed by atoms with Crippen molar-refractivity contribution in [3.63, 3.8) is 0 Å². The van der Waals surface area contributed by atoms with Gasteiger partial charge in [0.15, 0.2) is 7.28 Å². The van der Waals surface area contributed by atoms with Crippen molar-refractivity contribution in [2.45, 2.75) is 65.1 Å². The van der Waals surface area contributed by atoms with Gasteiger partial charge in [-0.3, -0.25) is 0 Å². The van der Waals surface area contributed by atoms with Crippen LogP contribution in [0.3, 0.4) is 0 Å². The molecule has 2 aliphatic carbocycles. The van der Waals surface area contributed by atoms with Crippen molar-refractivity contribution in [3.05, 3.63) is 41.5 Å². The van der Waals surface area contributed by atoms with Gasteiger partial charge in [0.1, 0.15) is 0 Å². The molecule has 118 valence electrons. The third kappa shape index (κ3) is 3.86. The maximum Gasteiger partial charge on any atom is 0.157 e. The highest BCUT2D eigenvalue weighted by molar-refractivity contribution is 6.60. The van der Waals surface area contributed by atoms with Crippen LogP contribution in [0.1, 0.15) is 62.6 Å². The Bertz CT molecular complexity index is 519. The van der Waals surface area contributed by atoms with E-state index in [0.29, 0.717) is 0 Å². The average Bonchev–Trinajstić information content (AvgIpc) is 2.91. The molecule has 0 saturated heterocycles. The second kappa shape index (κ2) is 7.07. The summed E-state index contributed by atoms with van der Waals surface area (Å²) >= 11 is 0. The van der Waals surface area contributed by atoms with E-state index in [9.17, 15) is 0 Å². The molecule has 0 amide bonds. The first kappa shape index (κ1) is 15.9. The van der Waals surface area contributed by atoms with Crippen LogP contribution in [0.5, 0.6) is 0 Å². The highest BCUT2D eigenvalue weighted by atomic mass is 14.2. The van der Waals surface area contributed by atoms with Crippen LogP contribution in [0.25, 0.3) is 5.47 Å². The van der Waals surface area contributed by atoms with Crippen LogP contribution in [0.2, 0.25) is 6.32 Å². The lowest BCUT2D eigenvalue weighted by atomic mass is 9.60. The van der Waals surface area contributed by atoms with Gasteiger partial charge in [0, 0.05) is 0 Å². The molecule has 1 fully saturated rings. The third-order valence-electron chi connectivity index (χ3n) is 5.98. The predicted octanol–water partition coefficient (Wildman–Crippen LogP) is 5.46. The third-order valence-corrected chi connectivity index (χ3v) is 5.98. The molecule has 1 heteroatoms. The fraction of sp³-hybridized carbons (Fsp3) is 0.619. The van der Waals surface area contributed by atoms with E-state index in [1.807, 2.05) is 0 Å². The highest BCUT2D eigenvalue weighted by Gasteiger charge is 2.22. The largest absolute Gasteiger partial charge is 0.157 e. The summed E-state index contributed by atoms with van der Waals surface area (Å²) in [7, 11) is 1.18. The smallest absolute Gasteiger partial charge is 0.104 e. The Morgan fingerprint density at radius 3 is 2.50 bits per heavy atom. The topological polar surface area (TPSA) is 0 Å². The van der Waals surface area contributed by atoms with Gasteiger partial charge >= 0.3 is 0 Å². The molecule has 0 spiro atoms. The summed E-state index contributed by atoms with van der Waals surface area (Å²) in [4.78, 5) is 0. The molecule has 0 N–H and O–H groups in total. The van der Waals surface area contributed by atoms with Crippen LogP contribution in [-0.2, 0) is 12.8 Å². The van der Waals surface area contributed by atoms with E-state index < -0.39 is 0 Å². The second-order valence-corrected chi connectivity index (χ2v) is 8.10. The molecule has 0 nitrogen and oxygen atoms in total. The summed E-state index contributed by atoms with van der Waals surface area (Å²) in [6.07, 6.45) is 11.0. The van der Waals surface area contributed by atoms with Gasteiger partial charge in [-0.15, -0.1) is 6.58 Å². The first-order chi connectivity index (χ1) is 10.6. The van der Waals surface area contributed by atoms with E-state index in [4.69, 9.17) is 0 Å². The van der Waals surface area contributed by atoms with E-state index in [1.165, 1.54) is 69.6 Å². The second-order valence-electron chi connectivity index (χ2n) is 8.10. The van der Waals surface area contributed by atoms with Crippen molar-refractivity contribution in [2.75, 3.05) is 0 Å². The van der Waals surface area contributed by atoms with Crippen LogP contribution in [-0.4, -0.2) is 7.28 Å². The summed E-state index contributed by atoms with van der Waals surface area (Å²) in [6.45, 7) is 9.29. The molecule has 3 rings (SSSR count). The Hall–Kier alpha value is -0.975. The summed E-state index contributed by atoms with van der Waals surface area (Å²) in [5.74, 6) is 2.75. The summed E-state index contributed by atoms with van der Waals surface area (Å²) < 4.78 is 0. The van der Waals surface area contributed by atoms with Gasteiger partial charge in [-0.1, -0.05) is 56.7 Å². The maximum absolute atomic E-state index is 4.40. The maximum atomic E-state index is 4.40. The van der Waals surface area contributed by atoms with Gasteiger partial charge < -0.3 is 0 Å². The van der Waals surface area contributed by atoms with Gasteiger partial charge in [-0.05, 0) is 66.5 Å². The molecule has 2 unspecified atom stereocenters. The Kier molecular flexibility index (Phi) is 5.11. The van der Waals surface area contributed by atoms with Gasteiger partial charge in [0.05, 0.1) is 0 Å². The lowest BCUT2D eigenvalue weighted by Gasteiger charge is -2.19. The minimum absolute atomic E-state index is 0.915. The number of aryl methyl sites for hydroxylation is 2. The average molecular weight is 294 g/mol. The predicted molar refractivity (Wildman–Crippen MR) is 99.7 cm³/mol. The Morgan fingerprint density at radius 1 is 1.09 bits per heavy atom. The number of hydrogen-bond acceptors (Lipinski definition) is 0. The summed E-state index contributed by atoms with van der Waals surface area (Å²) in [5, 5.41) is 0. The molecular formula is C21H31B. The van der Waals surface area contributed by atoms with Gasteiger partial charge in [-0.2, -0.15) is 0 Å². The van der Waals surface area contributed by atoms with E-state index >= 15 is 0 Å². The zero-order chi connectivity index (χ0) is 15.5. The molecule has 0 heterocycles. The summed E-state index contributed by atoms with van der Waals surface area (Å²) in [5.41, 5.74) is 5.91. The molecule has 22 heavy (non-hydrogen) atoms. The Labute approximate surface area is 137 Å². The first-order valence-corrected chi connectivity index (χ1v) is 9.41. The Morgan fingerprint density at radius 2 is 1.77 bits per heavy atom. The van der Waals surface area contributed by atoms with Crippen LogP contribution >= 0.6 is 0 Å². The van der Waals surface area contributed by atoms with Crippen molar-refractivity contribution in [1.29, 1.82) is 0 Å². The first-order valence-electron chi connectivity index (χ1n) is 9.41. The molecule has 0 aliphatic heterocycles. The quantitative estimate of drug-likeness (QED) is 0.510. The molecule has 0 aromatic heterocycles. The zero-order valence-electron chi connectivity index (χ0n) is 14.5. The molecule has 1 aromatic rings. The molecule has 2 aliphatic rings. The molecule has 1 aromatic carbocycles. The van der Waals surface area contributed by atoms with Gasteiger partial charge in [0.2, 0.25) is 0 Å². The van der Waals surface area contributed by atoms with Crippen LogP contribution in [0.4, 0.5) is 0 Å². The minimum Gasteiger partial charge on any atom is -0.104 e. The van der Waals surface area contributed by atoms with Crippen molar-refractivity contribution in [1.82, 2.24) is 0 Å². The highest BCUT2D eigenvalue weighted by Crippen LogP contribution is 2.34. The van der Waals surface area contributed by atoms with Crippen LogP contribution in [0.15, 0.2) is 24.8 Å². The lowest BCUT2D eigenvalue weighted by molar-refractivity contribution is 0.404.